The lowest BCUT2D eigenvalue weighted by molar-refractivity contribution is -0.137. The molecule has 6 nitrogen and oxygen atoms in total. The van der Waals surface area contributed by atoms with Crippen LogP contribution in [0.15, 0.2) is 56.7 Å². The number of hydrogen-bond donors (Lipinski definition) is 1. The lowest BCUT2D eigenvalue weighted by Gasteiger charge is -2.22. The number of carbonyl (C=O) groups is 2. The molecule has 1 aliphatic heterocycles. The van der Waals surface area contributed by atoms with E-state index in [9.17, 15) is 9.59 Å². The Bertz CT molecular complexity index is 801. The second-order valence-corrected chi connectivity index (χ2v) is 6.70. The molecule has 0 spiro atoms. The quantitative estimate of drug-likeness (QED) is 0.788. The molecule has 0 saturated carbocycles. The molecule has 1 aromatic carbocycles. The number of carbonyl (C=O) groups excluding carboxylic acids is 1. The third-order valence-electron chi connectivity index (χ3n) is 3.99. The van der Waals surface area contributed by atoms with E-state index in [0.29, 0.717) is 24.3 Å². The van der Waals surface area contributed by atoms with Gasteiger partial charge in [-0.1, -0.05) is 28.1 Å². The number of rotatable bonds is 6. The van der Waals surface area contributed by atoms with Crippen LogP contribution < -0.4 is 0 Å². The van der Waals surface area contributed by atoms with Gasteiger partial charge in [0.1, 0.15) is 11.5 Å². The van der Waals surface area contributed by atoms with Crippen molar-refractivity contribution in [3.63, 3.8) is 0 Å². The number of nitrogens with zero attached hydrogens (tertiary/aromatic N) is 2. The summed E-state index contributed by atoms with van der Waals surface area (Å²) < 4.78 is 6.34. The predicted molar refractivity (Wildman–Crippen MR) is 95.1 cm³/mol. The van der Waals surface area contributed by atoms with Gasteiger partial charge in [0.15, 0.2) is 0 Å². The van der Waals surface area contributed by atoms with Gasteiger partial charge in [-0.3, -0.25) is 9.59 Å². The van der Waals surface area contributed by atoms with E-state index in [4.69, 9.17) is 9.52 Å². The van der Waals surface area contributed by atoms with Gasteiger partial charge in [-0.25, -0.2) is 5.01 Å². The van der Waals surface area contributed by atoms with Crippen LogP contribution in [0, 0.1) is 0 Å². The molecule has 1 N–H and O–H groups in total. The van der Waals surface area contributed by atoms with Crippen LogP contribution in [-0.2, 0) is 9.59 Å². The molecule has 2 aromatic rings. The lowest BCUT2D eigenvalue weighted by atomic mass is 10.0. The zero-order valence-electron chi connectivity index (χ0n) is 13.4. The number of aliphatic carboxylic acids is 1. The van der Waals surface area contributed by atoms with Crippen molar-refractivity contribution in [1.82, 2.24) is 5.01 Å². The lowest BCUT2D eigenvalue weighted by Crippen LogP contribution is -2.27. The molecule has 0 radical (unpaired) electrons. The van der Waals surface area contributed by atoms with Gasteiger partial charge in [-0.15, -0.1) is 0 Å². The van der Waals surface area contributed by atoms with Gasteiger partial charge >= 0.3 is 5.97 Å². The van der Waals surface area contributed by atoms with Crippen molar-refractivity contribution in [2.24, 2.45) is 5.10 Å². The first-order chi connectivity index (χ1) is 12.0. The zero-order valence-corrected chi connectivity index (χ0v) is 15.0. The molecule has 0 bridgehead atoms. The number of halogens is 1. The summed E-state index contributed by atoms with van der Waals surface area (Å²) in [6, 6.07) is 11.1. The maximum atomic E-state index is 12.6. The number of hydrazone groups is 1. The first-order valence-corrected chi connectivity index (χ1v) is 8.74. The molecular weight excluding hydrogens is 388 g/mol. The Labute approximate surface area is 153 Å². The Morgan fingerprint density at radius 2 is 2.12 bits per heavy atom. The van der Waals surface area contributed by atoms with Crippen molar-refractivity contribution >= 4 is 33.5 Å². The maximum Gasteiger partial charge on any atom is 0.303 e. The molecule has 1 aromatic heterocycles. The fourth-order valence-electron chi connectivity index (χ4n) is 2.81. The third-order valence-corrected chi connectivity index (χ3v) is 4.48. The van der Waals surface area contributed by atoms with Crippen molar-refractivity contribution in [2.45, 2.75) is 31.7 Å². The number of carboxylic acids is 1. The van der Waals surface area contributed by atoms with Crippen molar-refractivity contribution in [2.75, 3.05) is 0 Å². The summed E-state index contributed by atoms with van der Waals surface area (Å²) in [7, 11) is 0. The topological polar surface area (TPSA) is 83.1 Å². The molecule has 1 amide bonds. The maximum absolute atomic E-state index is 12.6. The highest BCUT2D eigenvalue weighted by molar-refractivity contribution is 9.10. The van der Waals surface area contributed by atoms with Crippen LogP contribution in [0.1, 0.15) is 43.0 Å². The zero-order chi connectivity index (χ0) is 17.8. The number of furan rings is 1. The molecule has 0 aliphatic carbocycles. The second kappa shape index (κ2) is 7.65. The minimum atomic E-state index is -0.905. The Morgan fingerprint density at radius 1 is 1.28 bits per heavy atom. The highest BCUT2D eigenvalue weighted by Crippen LogP contribution is 2.34. The van der Waals surface area contributed by atoms with Gasteiger partial charge in [0, 0.05) is 23.7 Å². The first-order valence-electron chi connectivity index (χ1n) is 7.95. The summed E-state index contributed by atoms with van der Waals surface area (Å²) in [6.45, 7) is 0. The van der Waals surface area contributed by atoms with Crippen LogP contribution in [0.3, 0.4) is 0 Å². The third kappa shape index (κ3) is 4.17. The molecule has 1 aliphatic rings. The SMILES string of the molecule is O=C(O)CCCC(=O)N1N=C(c2ccco2)CC1c1cccc(Br)c1. The Kier molecular flexibility index (Phi) is 5.33. The van der Waals surface area contributed by atoms with Crippen LogP contribution in [0.2, 0.25) is 0 Å². The minimum absolute atomic E-state index is 0.0319. The Hall–Kier alpha value is -2.41. The van der Waals surface area contributed by atoms with Crippen LogP contribution in [0.4, 0.5) is 0 Å². The van der Waals surface area contributed by atoms with E-state index >= 15 is 0 Å². The van der Waals surface area contributed by atoms with Crippen LogP contribution >= 0.6 is 15.9 Å². The monoisotopic (exact) mass is 404 g/mol. The number of carboxylic acid groups (broad SMARTS) is 1. The van der Waals surface area contributed by atoms with E-state index in [-0.39, 0.29) is 24.8 Å². The number of hydrogen-bond acceptors (Lipinski definition) is 4. The molecule has 0 fully saturated rings. The molecular formula is C18H17BrN2O4. The van der Waals surface area contributed by atoms with Crippen LogP contribution in [0.5, 0.6) is 0 Å². The van der Waals surface area contributed by atoms with Gasteiger partial charge in [0.2, 0.25) is 5.91 Å². The summed E-state index contributed by atoms with van der Waals surface area (Å²) in [5.41, 5.74) is 1.67. The molecule has 130 valence electrons. The summed E-state index contributed by atoms with van der Waals surface area (Å²) >= 11 is 3.45. The van der Waals surface area contributed by atoms with Crippen molar-refractivity contribution in [3.8, 4) is 0 Å². The smallest absolute Gasteiger partial charge is 0.303 e. The highest BCUT2D eigenvalue weighted by atomic mass is 79.9. The molecule has 7 heteroatoms. The second-order valence-electron chi connectivity index (χ2n) is 5.78. The largest absolute Gasteiger partial charge is 0.481 e. The summed E-state index contributed by atoms with van der Waals surface area (Å²) in [5.74, 6) is -0.453. The van der Waals surface area contributed by atoms with Crippen molar-refractivity contribution < 1.29 is 19.1 Å². The predicted octanol–water partition coefficient (Wildman–Crippen LogP) is 3.97. The van der Waals surface area contributed by atoms with Gasteiger partial charge in [0.05, 0.1) is 12.3 Å². The Morgan fingerprint density at radius 3 is 2.80 bits per heavy atom. The van der Waals surface area contributed by atoms with E-state index in [1.54, 1.807) is 12.3 Å². The number of amides is 1. The first kappa shape index (κ1) is 17.4. The average Bonchev–Trinajstić information content (AvgIpc) is 3.24. The summed E-state index contributed by atoms with van der Waals surface area (Å²) in [6.07, 6.45) is 2.53. The van der Waals surface area contributed by atoms with Crippen LogP contribution in [-0.4, -0.2) is 27.7 Å². The molecule has 3 rings (SSSR count). The van der Waals surface area contributed by atoms with Gasteiger partial charge < -0.3 is 9.52 Å². The fraction of sp³-hybridized carbons (Fsp3) is 0.278. The molecule has 25 heavy (non-hydrogen) atoms. The van der Waals surface area contributed by atoms with Crippen molar-refractivity contribution in [3.05, 3.63) is 58.5 Å². The summed E-state index contributed by atoms with van der Waals surface area (Å²) in [5, 5.41) is 14.7. The van der Waals surface area contributed by atoms with E-state index in [2.05, 4.69) is 21.0 Å². The minimum Gasteiger partial charge on any atom is -0.481 e. The average molecular weight is 405 g/mol. The van der Waals surface area contributed by atoms with Gasteiger partial charge in [-0.2, -0.15) is 5.10 Å². The molecule has 0 saturated heterocycles. The van der Waals surface area contributed by atoms with Crippen molar-refractivity contribution in [1.29, 1.82) is 0 Å². The standard InChI is InChI=1S/C18H17BrN2O4/c19-13-5-1-4-12(10-13)15-11-14(16-6-3-9-25-16)20-21(15)17(22)7-2-8-18(23)24/h1,3-6,9-10,15H,2,7-8,11H2,(H,23,24). The highest BCUT2D eigenvalue weighted by Gasteiger charge is 2.33. The van der Waals surface area contributed by atoms with Gasteiger partial charge in [0.25, 0.3) is 0 Å². The summed E-state index contributed by atoms with van der Waals surface area (Å²) in [4.78, 5) is 23.3. The van der Waals surface area contributed by atoms with E-state index in [1.807, 2.05) is 30.3 Å². The molecule has 2 heterocycles. The molecule has 1 unspecified atom stereocenters. The van der Waals surface area contributed by atoms with E-state index in [0.717, 1.165) is 10.0 Å². The van der Waals surface area contributed by atoms with E-state index < -0.39 is 5.97 Å². The molecule has 1 atom stereocenters. The fourth-order valence-corrected chi connectivity index (χ4v) is 3.23. The van der Waals surface area contributed by atoms with Gasteiger partial charge in [-0.05, 0) is 36.2 Å². The Balaban J connectivity index is 1.83. The van der Waals surface area contributed by atoms with E-state index in [1.165, 1.54) is 5.01 Å². The van der Waals surface area contributed by atoms with Crippen LogP contribution in [0.25, 0.3) is 0 Å². The number of benzene rings is 1. The normalized spacial score (nSPS) is 16.8.